The second-order valence-corrected chi connectivity index (χ2v) is 7.36. The SMILES string of the molecule is Cc1cc(Oc2ccn(-c3ccccc3Cl)n2)c(C)cc1/N=C/N1CCOCC1. The summed E-state index contributed by atoms with van der Waals surface area (Å²) in [5.74, 6) is 1.27. The van der Waals surface area contributed by atoms with Crippen molar-refractivity contribution in [2.45, 2.75) is 13.8 Å². The molecule has 0 unspecified atom stereocenters. The zero-order chi connectivity index (χ0) is 20.2. The number of halogens is 1. The largest absolute Gasteiger partial charge is 0.437 e. The van der Waals surface area contributed by atoms with Gasteiger partial charge in [0.25, 0.3) is 0 Å². The summed E-state index contributed by atoms with van der Waals surface area (Å²) in [5, 5.41) is 5.13. The fourth-order valence-corrected chi connectivity index (χ4v) is 3.33. The van der Waals surface area contributed by atoms with Crippen LogP contribution in [0.5, 0.6) is 11.6 Å². The van der Waals surface area contributed by atoms with Crippen molar-refractivity contribution in [3.63, 3.8) is 0 Å². The smallest absolute Gasteiger partial charge is 0.238 e. The van der Waals surface area contributed by atoms with Crippen molar-refractivity contribution in [2.24, 2.45) is 4.99 Å². The first-order valence-electron chi connectivity index (χ1n) is 9.56. The summed E-state index contributed by atoms with van der Waals surface area (Å²) in [6.07, 6.45) is 3.73. The second kappa shape index (κ2) is 8.68. The van der Waals surface area contributed by atoms with Crippen LogP contribution in [0.4, 0.5) is 5.69 Å². The lowest BCUT2D eigenvalue weighted by atomic mass is 10.1. The normalized spacial score (nSPS) is 14.5. The molecule has 1 aromatic heterocycles. The van der Waals surface area contributed by atoms with Crippen LogP contribution in [-0.4, -0.2) is 47.3 Å². The Morgan fingerprint density at radius 1 is 1.10 bits per heavy atom. The summed E-state index contributed by atoms with van der Waals surface area (Å²) >= 11 is 6.25. The molecule has 150 valence electrons. The van der Waals surface area contributed by atoms with E-state index in [-0.39, 0.29) is 0 Å². The number of nitrogens with zero attached hydrogens (tertiary/aromatic N) is 4. The monoisotopic (exact) mass is 410 g/mol. The average Bonchev–Trinajstić information content (AvgIpc) is 3.19. The van der Waals surface area contributed by atoms with Crippen LogP contribution in [0, 0.1) is 13.8 Å². The summed E-state index contributed by atoms with van der Waals surface area (Å²) < 4.78 is 13.1. The molecule has 0 aliphatic carbocycles. The predicted molar refractivity (Wildman–Crippen MR) is 115 cm³/mol. The van der Waals surface area contributed by atoms with E-state index in [9.17, 15) is 0 Å². The van der Waals surface area contributed by atoms with Gasteiger partial charge in [0.2, 0.25) is 5.88 Å². The quantitative estimate of drug-likeness (QED) is 0.442. The highest BCUT2D eigenvalue weighted by Gasteiger charge is 2.11. The van der Waals surface area contributed by atoms with Gasteiger partial charge in [-0.05, 0) is 49.2 Å². The number of benzene rings is 2. The standard InChI is InChI=1S/C22H23ClN4O2/c1-16-14-21(17(2)13-19(16)24-15-26-9-11-28-12-10-26)29-22-7-8-27(25-22)20-6-4-3-5-18(20)23/h3-8,13-15H,9-12H2,1-2H3/b24-15+. The molecule has 29 heavy (non-hydrogen) atoms. The van der Waals surface area contributed by atoms with E-state index in [1.165, 1.54) is 0 Å². The number of hydrogen-bond acceptors (Lipinski definition) is 4. The van der Waals surface area contributed by atoms with E-state index in [1.54, 1.807) is 4.68 Å². The van der Waals surface area contributed by atoms with Crippen LogP contribution in [0.15, 0.2) is 53.7 Å². The lowest BCUT2D eigenvalue weighted by molar-refractivity contribution is 0.0701. The lowest BCUT2D eigenvalue weighted by Crippen LogP contribution is -2.35. The second-order valence-electron chi connectivity index (χ2n) is 6.95. The zero-order valence-electron chi connectivity index (χ0n) is 16.5. The number of morpholine rings is 1. The molecule has 1 aliphatic heterocycles. The van der Waals surface area contributed by atoms with Crippen LogP contribution >= 0.6 is 11.6 Å². The Morgan fingerprint density at radius 3 is 2.69 bits per heavy atom. The fraction of sp³-hybridized carbons (Fsp3) is 0.273. The van der Waals surface area contributed by atoms with Crippen LogP contribution in [0.1, 0.15) is 11.1 Å². The minimum absolute atomic E-state index is 0.511. The average molecular weight is 411 g/mol. The van der Waals surface area contributed by atoms with Crippen LogP contribution in [0.3, 0.4) is 0 Å². The van der Waals surface area contributed by atoms with Crippen molar-refractivity contribution >= 4 is 23.6 Å². The zero-order valence-corrected chi connectivity index (χ0v) is 17.3. The van der Waals surface area contributed by atoms with Gasteiger partial charge >= 0.3 is 0 Å². The third-order valence-corrected chi connectivity index (χ3v) is 5.10. The molecule has 2 aromatic carbocycles. The fourth-order valence-electron chi connectivity index (χ4n) is 3.11. The number of rotatable bonds is 5. The number of para-hydroxylation sites is 1. The molecule has 0 bridgehead atoms. The van der Waals surface area contributed by atoms with Crippen molar-refractivity contribution in [1.29, 1.82) is 0 Å². The lowest BCUT2D eigenvalue weighted by Gasteiger charge is -2.24. The summed E-state index contributed by atoms with van der Waals surface area (Å²) in [7, 11) is 0. The minimum Gasteiger partial charge on any atom is -0.437 e. The Bertz CT molecular complexity index is 1030. The van der Waals surface area contributed by atoms with E-state index >= 15 is 0 Å². The maximum absolute atomic E-state index is 6.25. The van der Waals surface area contributed by atoms with Crippen molar-refractivity contribution in [3.05, 3.63) is 64.8 Å². The van der Waals surface area contributed by atoms with Gasteiger partial charge < -0.3 is 14.4 Å². The van der Waals surface area contributed by atoms with Crippen molar-refractivity contribution in [1.82, 2.24) is 14.7 Å². The van der Waals surface area contributed by atoms with Gasteiger partial charge in [-0.25, -0.2) is 9.67 Å². The van der Waals surface area contributed by atoms with Crippen molar-refractivity contribution in [3.8, 4) is 17.3 Å². The molecule has 0 radical (unpaired) electrons. The molecule has 0 spiro atoms. The summed E-state index contributed by atoms with van der Waals surface area (Å²) in [5.41, 5.74) is 3.78. The highest BCUT2D eigenvalue weighted by Crippen LogP contribution is 2.31. The molecule has 2 heterocycles. The molecule has 4 rings (SSSR count). The molecule has 0 saturated carbocycles. The first-order valence-corrected chi connectivity index (χ1v) is 9.93. The Labute approximate surface area is 175 Å². The van der Waals surface area contributed by atoms with E-state index in [0.717, 1.165) is 54.6 Å². The number of aliphatic imine (C=N–C) groups is 1. The molecule has 0 amide bonds. The van der Waals surface area contributed by atoms with Gasteiger partial charge in [-0.2, -0.15) is 0 Å². The van der Waals surface area contributed by atoms with Crippen LogP contribution in [0.2, 0.25) is 5.02 Å². The van der Waals surface area contributed by atoms with Gasteiger partial charge in [0.15, 0.2) is 0 Å². The molecule has 1 saturated heterocycles. The molecule has 0 N–H and O–H groups in total. The Balaban J connectivity index is 1.50. The van der Waals surface area contributed by atoms with Crippen molar-refractivity contribution < 1.29 is 9.47 Å². The molecule has 1 aliphatic rings. The van der Waals surface area contributed by atoms with Crippen LogP contribution < -0.4 is 4.74 Å². The molecular weight excluding hydrogens is 388 g/mol. The van der Waals surface area contributed by atoms with Gasteiger partial charge in [-0.15, -0.1) is 5.10 Å². The topological polar surface area (TPSA) is 51.9 Å². The van der Waals surface area contributed by atoms with Gasteiger partial charge in [0, 0.05) is 25.4 Å². The Kier molecular flexibility index (Phi) is 5.83. The van der Waals surface area contributed by atoms with Gasteiger partial charge in [-0.1, -0.05) is 23.7 Å². The maximum Gasteiger partial charge on any atom is 0.238 e. The summed E-state index contributed by atoms with van der Waals surface area (Å²) in [6, 6.07) is 13.4. The van der Waals surface area contributed by atoms with Crippen LogP contribution in [-0.2, 0) is 4.74 Å². The maximum atomic E-state index is 6.25. The number of ether oxygens (including phenoxy) is 2. The highest BCUT2D eigenvalue weighted by molar-refractivity contribution is 6.32. The van der Waals surface area contributed by atoms with Gasteiger partial charge in [0.05, 0.1) is 35.9 Å². The number of hydrogen-bond donors (Lipinski definition) is 0. The van der Waals surface area contributed by atoms with E-state index in [4.69, 9.17) is 21.1 Å². The Morgan fingerprint density at radius 2 is 1.90 bits per heavy atom. The molecule has 1 fully saturated rings. The van der Waals surface area contributed by atoms with Gasteiger partial charge in [0.1, 0.15) is 5.75 Å². The first kappa shape index (κ1) is 19.5. The molecule has 3 aromatic rings. The third-order valence-electron chi connectivity index (χ3n) is 4.78. The van der Waals surface area contributed by atoms with E-state index < -0.39 is 0 Å². The number of aryl methyl sites for hydroxylation is 2. The van der Waals surface area contributed by atoms with E-state index in [1.807, 2.05) is 68.8 Å². The van der Waals surface area contributed by atoms with Crippen molar-refractivity contribution in [2.75, 3.05) is 26.3 Å². The third kappa shape index (κ3) is 4.60. The summed E-state index contributed by atoms with van der Waals surface area (Å²) in [4.78, 5) is 6.82. The Hall–Kier alpha value is -2.83. The summed E-state index contributed by atoms with van der Waals surface area (Å²) in [6.45, 7) is 7.27. The van der Waals surface area contributed by atoms with Gasteiger partial charge in [-0.3, -0.25) is 0 Å². The number of aromatic nitrogens is 2. The predicted octanol–water partition coefficient (Wildman–Crippen LogP) is 4.93. The molecule has 6 nitrogen and oxygen atoms in total. The highest BCUT2D eigenvalue weighted by atomic mass is 35.5. The molecule has 0 atom stereocenters. The minimum atomic E-state index is 0.511. The first-order chi connectivity index (χ1) is 14.1. The molecular formula is C22H23ClN4O2. The van der Waals surface area contributed by atoms with E-state index in [0.29, 0.717) is 10.9 Å². The molecule has 7 heteroatoms. The van der Waals surface area contributed by atoms with Crippen LogP contribution in [0.25, 0.3) is 5.69 Å². The van der Waals surface area contributed by atoms with E-state index in [2.05, 4.69) is 15.0 Å².